The molecular weight excluding hydrogens is 418 g/mol. The third kappa shape index (κ3) is 4.09. The van der Waals surface area contributed by atoms with E-state index in [1.807, 2.05) is 7.05 Å². The number of nitrogens with zero attached hydrogens (tertiary/aromatic N) is 4. The fraction of sp³-hybridized carbons (Fsp3) is 0.286. The molecule has 1 amide bonds. The van der Waals surface area contributed by atoms with Crippen molar-refractivity contribution in [2.75, 3.05) is 38.5 Å². The van der Waals surface area contributed by atoms with Crippen molar-refractivity contribution in [3.05, 3.63) is 64.6 Å². The Balaban J connectivity index is 1.63. The summed E-state index contributed by atoms with van der Waals surface area (Å²) in [5.41, 5.74) is 0.123. The Kier molecular flexibility index (Phi) is 5.61. The average molecular weight is 442 g/mol. The van der Waals surface area contributed by atoms with E-state index in [-0.39, 0.29) is 16.1 Å². The van der Waals surface area contributed by atoms with Crippen LogP contribution in [0.5, 0.6) is 0 Å². The van der Waals surface area contributed by atoms with Crippen LogP contribution in [0, 0.1) is 0 Å². The van der Waals surface area contributed by atoms with Crippen LogP contribution in [0.15, 0.2) is 58.2 Å². The first-order chi connectivity index (χ1) is 14.8. The molecule has 1 fully saturated rings. The number of carbonyl (C=O) groups is 1. The number of amides is 1. The summed E-state index contributed by atoms with van der Waals surface area (Å²) in [4.78, 5) is 27.4. The second-order valence-electron chi connectivity index (χ2n) is 7.51. The standard InChI is InChI=1S/C21H23N5O4S/c1-24-10-12-26(13-11-24)31(29,30)16-7-5-6-15(14-16)22-20(27)19-17-8-3-4-9-18(17)21(28)25(2)23-19/h3-9,14H,10-13H2,1-2H3,(H,22,27). The van der Waals surface area contributed by atoms with E-state index in [2.05, 4.69) is 15.3 Å². The van der Waals surface area contributed by atoms with E-state index in [9.17, 15) is 18.0 Å². The van der Waals surface area contributed by atoms with Crippen molar-refractivity contribution in [2.45, 2.75) is 4.90 Å². The van der Waals surface area contributed by atoms with Gasteiger partial charge in [0, 0.05) is 44.3 Å². The summed E-state index contributed by atoms with van der Waals surface area (Å²) >= 11 is 0. The summed E-state index contributed by atoms with van der Waals surface area (Å²) < 4.78 is 28.6. The minimum Gasteiger partial charge on any atom is -0.321 e. The number of fused-ring (bicyclic) bond motifs is 1. The Labute approximate surface area is 179 Å². The molecule has 1 aliphatic rings. The average Bonchev–Trinajstić information content (AvgIpc) is 2.76. The number of sulfonamides is 1. The van der Waals surface area contributed by atoms with Gasteiger partial charge in [-0.3, -0.25) is 9.59 Å². The van der Waals surface area contributed by atoms with Crippen LogP contribution in [-0.2, 0) is 17.1 Å². The first-order valence-corrected chi connectivity index (χ1v) is 11.3. The van der Waals surface area contributed by atoms with E-state index >= 15 is 0 Å². The molecule has 0 spiro atoms. The Hall–Kier alpha value is -3.08. The van der Waals surface area contributed by atoms with Gasteiger partial charge in [0.15, 0.2) is 5.69 Å². The van der Waals surface area contributed by atoms with Gasteiger partial charge >= 0.3 is 0 Å². The van der Waals surface area contributed by atoms with E-state index in [1.54, 1.807) is 36.4 Å². The van der Waals surface area contributed by atoms with Gasteiger partial charge in [-0.25, -0.2) is 13.1 Å². The largest absolute Gasteiger partial charge is 0.321 e. The van der Waals surface area contributed by atoms with E-state index in [0.29, 0.717) is 42.6 Å². The minimum atomic E-state index is -3.66. The Morgan fingerprint density at radius 3 is 2.35 bits per heavy atom. The number of nitrogens with one attached hydrogen (secondary N) is 1. The van der Waals surface area contributed by atoms with Gasteiger partial charge in [0.25, 0.3) is 11.5 Å². The first kappa shape index (κ1) is 21.2. The van der Waals surface area contributed by atoms with Crippen LogP contribution in [0.2, 0.25) is 0 Å². The van der Waals surface area contributed by atoms with E-state index in [1.165, 1.54) is 23.5 Å². The number of aryl methyl sites for hydroxylation is 1. The monoisotopic (exact) mass is 441 g/mol. The van der Waals surface area contributed by atoms with Gasteiger partial charge in [0.1, 0.15) is 0 Å². The Morgan fingerprint density at radius 1 is 0.968 bits per heavy atom. The maximum absolute atomic E-state index is 13.0. The molecule has 0 saturated carbocycles. The molecule has 162 valence electrons. The SMILES string of the molecule is CN1CCN(S(=O)(=O)c2cccc(NC(=O)c3nn(C)c(=O)c4ccccc34)c2)CC1. The fourth-order valence-electron chi connectivity index (χ4n) is 3.57. The van der Waals surface area contributed by atoms with Gasteiger partial charge in [-0.1, -0.05) is 24.3 Å². The molecule has 1 aliphatic heterocycles. The molecule has 1 N–H and O–H groups in total. The van der Waals surface area contributed by atoms with Crippen LogP contribution in [0.3, 0.4) is 0 Å². The number of rotatable bonds is 4. The molecule has 0 unspecified atom stereocenters. The summed E-state index contributed by atoms with van der Waals surface area (Å²) in [5.74, 6) is -0.527. The number of hydrogen-bond acceptors (Lipinski definition) is 6. The summed E-state index contributed by atoms with van der Waals surface area (Å²) in [5, 5.41) is 7.64. The molecule has 2 heterocycles. The van der Waals surface area contributed by atoms with Crippen LogP contribution in [0.1, 0.15) is 10.5 Å². The molecule has 3 aromatic rings. The lowest BCUT2D eigenvalue weighted by Crippen LogP contribution is -2.47. The topological polar surface area (TPSA) is 105 Å². The molecule has 0 radical (unpaired) electrons. The number of hydrogen-bond donors (Lipinski definition) is 1. The molecule has 0 atom stereocenters. The third-order valence-electron chi connectivity index (χ3n) is 5.36. The highest BCUT2D eigenvalue weighted by molar-refractivity contribution is 7.89. The molecule has 4 rings (SSSR count). The van der Waals surface area contributed by atoms with Gasteiger partial charge in [0.05, 0.1) is 10.3 Å². The number of likely N-dealkylation sites (N-methyl/N-ethyl adjacent to an activating group) is 1. The first-order valence-electron chi connectivity index (χ1n) is 9.83. The van der Waals surface area contributed by atoms with Crippen LogP contribution in [0.4, 0.5) is 5.69 Å². The highest BCUT2D eigenvalue weighted by Gasteiger charge is 2.27. The molecular formula is C21H23N5O4S. The van der Waals surface area contributed by atoms with Crippen LogP contribution >= 0.6 is 0 Å². The van der Waals surface area contributed by atoms with Crippen molar-refractivity contribution in [1.29, 1.82) is 0 Å². The van der Waals surface area contributed by atoms with Gasteiger partial charge in [-0.05, 0) is 31.3 Å². The van der Waals surface area contributed by atoms with E-state index in [0.717, 1.165) is 4.68 Å². The van der Waals surface area contributed by atoms with Crippen molar-refractivity contribution in [1.82, 2.24) is 19.0 Å². The predicted molar refractivity (Wildman–Crippen MR) is 118 cm³/mol. The fourth-order valence-corrected chi connectivity index (χ4v) is 5.04. The zero-order valence-electron chi connectivity index (χ0n) is 17.3. The van der Waals surface area contributed by atoms with Crippen molar-refractivity contribution in [3.8, 4) is 0 Å². The summed E-state index contributed by atoms with van der Waals surface area (Å²) in [7, 11) is -0.225. The minimum absolute atomic E-state index is 0.0880. The lowest BCUT2D eigenvalue weighted by atomic mass is 10.1. The summed E-state index contributed by atoms with van der Waals surface area (Å²) in [6.07, 6.45) is 0. The summed E-state index contributed by atoms with van der Waals surface area (Å²) in [6, 6.07) is 12.9. The number of aromatic nitrogens is 2. The second-order valence-corrected chi connectivity index (χ2v) is 9.45. The number of piperazine rings is 1. The molecule has 0 aliphatic carbocycles. The van der Waals surface area contributed by atoms with Crippen LogP contribution < -0.4 is 10.9 Å². The second kappa shape index (κ2) is 8.22. The normalized spacial score (nSPS) is 15.8. The Morgan fingerprint density at radius 2 is 1.65 bits per heavy atom. The molecule has 31 heavy (non-hydrogen) atoms. The van der Waals surface area contributed by atoms with E-state index < -0.39 is 15.9 Å². The number of carbonyl (C=O) groups excluding carboxylic acids is 1. The van der Waals surface area contributed by atoms with Crippen molar-refractivity contribution in [2.24, 2.45) is 7.05 Å². The molecule has 1 aromatic heterocycles. The predicted octanol–water partition coefficient (Wildman–Crippen LogP) is 1.12. The maximum atomic E-state index is 13.0. The highest BCUT2D eigenvalue weighted by Crippen LogP contribution is 2.22. The van der Waals surface area contributed by atoms with Gasteiger partial charge < -0.3 is 10.2 Å². The quantitative estimate of drug-likeness (QED) is 0.651. The number of anilines is 1. The third-order valence-corrected chi connectivity index (χ3v) is 7.26. The zero-order valence-corrected chi connectivity index (χ0v) is 18.1. The highest BCUT2D eigenvalue weighted by atomic mass is 32.2. The maximum Gasteiger partial charge on any atom is 0.276 e. The van der Waals surface area contributed by atoms with Crippen molar-refractivity contribution >= 4 is 32.4 Å². The van der Waals surface area contributed by atoms with Crippen LogP contribution in [-0.4, -0.2) is 66.5 Å². The van der Waals surface area contributed by atoms with Crippen molar-refractivity contribution < 1.29 is 13.2 Å². The lowest BCUT2D eigenvalue weighted by molar-refractivity contribution is 0.102. The Bertz CT molecular complexity index is 1310. The molecule has 1 saturated heterocycles. The van der Waals surface area contributed by atoms with Gasteiger partial charge in [-0.2, -0.15) is 9.40 Å². The molecule has 9 nitrogen and oxygen atoms in total. The lowest BCUT2D eigenvalue weighted by Gasteiger charge is -2.31. The zero-order chi connectivity index (χ0) is 22.2. The van der Waals surface area contributed by atoms with Crippen LogP contribution in [0.25, 0.3) is 10.8 Å². The molecule has 2 aromatic carbocycles. The smallest absolute Gasteiger partial charge is 0.276 e. The van der Waals surface area contributed by atoms with E-state index in [4.69, 9.17) is 0 Å². The number of benzene rings is 2. The van der Waals surface area contributed by atoms with Gasteiger partial charge in [0.2, 0.25) is 10.0 Å². The van der Waals surface area contributed by atoms with Crippen molar-refractivity contribution in [3.63, 3.8) is 0 Å². The summed E-state index contributed by atoms with van der Waals surface area (Å²) in [6.45, 7) is 2.18. The van der Waals surface area contributed by atoms with Gasteiger partial charge in [-0.15, -0.1) is 0 Å². The molecule has 10 heteroatoms. The molecule has 0 bridgehead atoms.